The fourth-order valence-corrected chi connectivity index (χ4v) is 3.02. The second-order valence-corrected chi connectivity index (χ2v) is 5.87. The highest BCUT2D eigenvalue weighted by Crippen LogP contribution is 2.24. The summed E-state index contributed by atoms with van der Waals surface area (Å²) in [5, 5.41) is 9.26. The lowest BCUT2D eigenvalue weighted by atomic mass is 10.1. The Bertz CT molecular complexity index is 386. The molecule has 100 valence electrons. The van der Waals surface area contributed by atoms with Gasteiger partial charge in [-0.05, 0) is 44.6 Å². The maximum atomic E-state index is 9.26. The molecule has 1 aromatic rings. The minimum Gasteiger partial charge on any atom is -0.396 e. The van der Waals surface area contributed by atoms with E-state index < -0.39 is 0 Å². The molecule has 0 aliphatic carbocycles. The van der Waals surface area contributed by atoms with Gasteiger partial charge in [-0.15, -0.1) is 0 Å². The predicted octanol–water partition coefficient (Wildman–Crippen LogP) is 2.34. The molecule has 1 heterocycles. The Balaban J connectivity index is 2.21. The van der Waals surface area contributed by atoms with E-state index >= 15 is 0 Å². The maximum Gasteiger partial charge on any atom is 0.0451 e. The molecule has 1 aromatic carbocycles. The average molecular weight is 313 g/mol. The van der Waals surface area contributed by atoms with Gasteiger partial charge in [-0.2, -0.15) is 0 Å². The Morgan fingerprint density at radius 3 is 2.94 bits per heavy atom. The van der Waals surface area contributed by atoms with Gasteiger partial charge < -0.3 is 14.9 Å². The third-order valence-corrected chi connectivity index (χ3v) is 4.00. The molecule has 1 aliphatic heterocycles. The number of hydrogen-bond acceptors (Lipinski definition) is 3. The van der Waals surface area contributed by atoms with Gasteiger partial charge in [0.1, 0.15) is 0 Å². The highest BCUT2D eigenvalue weighted by atomic mass is 79.9. The van der Waals surface area contributed by atoms with Crippen molar-refractivity contribution in [3.05, 3.63) is 28.7 Å². The van der Waals surface area contributed by atoms with E-state index in [1.807, 2.05) is 0 Å². The summed E-state index contributed by atoms with van der Waals surface area (Å²) in [6.07, 6.45) is 2.00. The number of halogens is 1. The van der Waals surface area contributed by atoms with E-state index in [0.29, 0.717) is 6.04 Å². The molecule has 4 heteroatoms. The van der Waals surface area contributed by atoms with Gasteiger partial charge in [0.25, 0.3) is 0 Å². The highest BCUT2D eigenvalue weighted by molar-refractivity contribution is 9.10. The molecule has 0 amide bonds. The van der Waals surface area contributed by atoms with Crippen LogP contribution in [0, 0.1) is 0 Å². The number of likely N-dealkylation sites (N-methyl/N-ethyl adjacent to an activating group) is 1. The Labute approximate surface area is 118 Å². The van der Waals surface area contributed by atoms with Gasteiger partial charge in [0, 0.05) is 35.9 Å². The molecule has 18 heavy (non-hydrogen) atoms. The Morgan fingerprint density at radius 1 is 1.39 bits per heavy atom. The summed E-state index contributed by atoms with van der Waals surface area (Å²) in [5.74, 6) is 0. The number of aliphatic hydroxyl groups is 1. The Morgan fingerprint density at radius 2 is 2.22 bits per heavy atom. The van der Waals surface area contributed by atoms with Crippen LogP contribution in [0.1, 0.15) is 12.8 Å². The number of anilines is 1. The van der Waals surface area contributed by atoms with Gasteiger partial charge >= 0.3 is 0 Å². The van der Waals surface area contributed by atoms with Gasteiger partial charge in [-0.1, -0.05) is 22.0 Å². The first-order valence-electron chi connectivity index (χ1n) is 6.52. The first-order valence-corrected chi connectivity index (χ1v) is 7.31. The second-order valence-electron chi connectivity index (χ2n) is 4.96. The van der Waals surface area contributed by atoms with Crippen molar-refractivity contribution in [3.63, 3.8) is 0 Å². The van der Waals surface area contributed by atoms with Crippen LogP contribution in [0.5, 0.6) is 0 Å². The zero-order valence-electron chi connectivity index (χ0n) is 10.8. The van der Waals surface area contributed by atoms with E-state index in [2.05, 4.69) is 57.0 Å². The van der Waals surface area contributed by atoms with Crippen molar-refractivity contribution in [2.45, 2.75) is 18.9 Å². The minimum atomic E-state index is 0.253. The fraction of sp³-hybridized carbons (Fsp3) is 0.571. The van der Waals surface area contributed by atoms with E-state index in [1.165, 1.54) is 12.1 Å². The van der Waals surface area contributed by atoms with Gasteiger partial charge in [-0.3, -0.25) is 0 Å². The SMILES string of the molecule is CN1CCCN(c2cccc(Br)c2)C(CCO)C1. The fourth-order valence-electron chi connectivity index (χ4n) is 2.63. The third-order valence-electron chi connectivity index (χ3n) is 3.50. The van der Waals surface area contributed by atoms with Crippen molar-refractivity contribution in [1.29, 1.82) is 0 Å². The lowest BCUT2D eigenvalue weighted by Gasteiger charge is -2.32. The maximum absolute atomic E-state index is 9.26. The van der Waals surface area contributed by atoms with Crippen LogP contribution < -0.4 is 4.90 Å². The summed E-state index contributed by atoms with van der Waals surface area (Å²) in [7, 11) is 2.16. The molecule has 0 bridgehead atoms. The quantitative estimate of drug-likeness (QED) is 0.928. The smallest absolute Gasteiger partial charge is 0.0451 e. The number of nitrogens with zero attached hydrogens (tertiary/aromatic N) is 2. The monoisotopic (exact) mass is 312 g/mol. The molecule has 1 atom stereocenters. The van der Waals surface area contributed by atoms with Crippen LogP contribution >= 0.6 is 15.9 Å². The molecule has 0 radical (unpaired) electrons. The Kier molecular flexibility index (Phi) is 5.03. The van der Waals surface area contributed by atoms with Gasteiger partial charge in [0.2, 0.25) is 0 Å². The van der Waals surface area contributed by atoms with Crippen molar-refractivity contribution in [2.75, 3.05) is 38.2 Å². The molecule has 1 saturated heterocycles. The largest absolute Gasteiger partial charge is 0.396 e. The first-order chi connectivity index (χ1) is 8.70. The zero-order chi connectivity index (χ0) is 13.0. The van der Waals surface area contributed by atoms with Gasteiger partial charge in [-0.25, -0.2) is 0 Å². The van der Waals surface area contributed by atoms with Crippen molar-refractivity contribution in [1.82, 2.24) is 4.90 Å². The summed E-state index contributed by atoms with van der Waals surface area (Å²) in [5.41, 5.74) is 1.25. The second kappa shape index (κ2) is 6.55. The molecule has 1 fully saturated rings. The number of hydrogen-bond donors (Lipinski definition) is 1. The van der Waals surface area contributed by atoms with Crippen LogP contribution in [0.2, 0.25) is 0 Å². The molecule has 1 aliphatic rings. The molecule has 3 nitrogen and oxygen atoms in total. The molecular weight excluding hydrogens is 292 g/mol. The third kappa shape index (κ3) is 3.46. The lowest BCUT2D eigenvalue weighted by Crippen LogP contribution is -2.41. The van der Waals surface area contributed by atoms with E-state index in [-0.39, 0.29) is 6.61 Å². The average Bonchev–Trinajstić information content (AvgIpc) is 2.51. The first kappa shape index (κ1) is 13.8. The van der Waals surface area contributed by atoms with Crippen molar-refractivity contribution < 1.29 is 5.11 Å². The summed E-state index contributed by atoms with van der Waals surface area (Å²) >= 11 is 3.53. The molecule has 1 N–H and O–H groups in total. The summed E-state index contributed by atoms with van der Waals surface area (Å²) in [4.78, 5) is 4.79. The minimum absolute atomic E-state index is 0.253. The van der Waals surface area contributed by atoms with E-state index in [1.54, 1.807) is 0 Å². The Hall–Kier alpha value is -0.580. The van der Waals surface area contributed by atoms with Gasteiger partial charge in [0.05, 0.1) is 0 Å². The lowest BCUT2D eigenvalue weighted by molar-refractivity contribution is 0.253. The van der Waals surface area contributed by atoms with Crippen molar-refractivity contribution in [3.8, 4) is 0 Å². The van der Waals surface area contributed by atoms with E-state index in [9.17, 15) is 5.11 Å². The molecule has 0 saturated carbocycles. The van der Waals surface area contributed by atoms with Crippen LogP contribution in [0.15, 0.2) is 28.7 Å². The van der Waals surface area contributed by atoms with Crippen LogP contribution in [0.3, 0.4) is 0 Å². The standard InChI is InChI=1S/C14H21BrN2O/c1-16-7-3-8-17(14(11-16)6-9-18)13-5-2-4-12(15)10-13/h2,4-5,10,14,18H,3,6-9,11H2,1H3. The van der Waals surface area contributed by atoms with Crippen LogP contribution in [0.25, 0.3) is 0 Å². The molecule has 1 unspecified atom stereocenters. The van der Waals surface area contributed by atoms with E-state index in [0.717, 1.165) is 30.5 Å². The molecule has 2 rings (SSSR count). The molecule has 0 spiro atoms. The topological polar surface area (TPSA) is 26.7 Å². The van der Waals surface area contributed by atoms with Crippen molar-refractivity contribution >= 4 is 21.6 Å². The predicted molar refractivity (Wildman–Crippen MR) is 79.1 cm³/mol. The highest BCUT2D eigenvalue weighted by Gasteiger charge is 2.23. The van der Waals surface area contributed by atoms with Gasteiger partial charge in [0.15, 0.2) is 0 Å². The summed E-state index contributed by atoms with van der Waals surface area (Å²) in [6.45, 7) is 3.47. The van der Waals surface area contributed by atoms with E-state index in [4.69, 9.17) is 0 Å². The number of benzene rings is 1. The molecule has 0 aromatic heterocycles. The normalized spacial score (nSPS) is 21.9. The molecular formula is C14H21BrN2O. The summed E-state index contributed by atoms with van der Waals surface area (Å²) in [6, 6.07) is 8.84. The van der Waals surface area contributed by atoms with Crippen molar-refractivity contribution in [2.24, 2.45) is 0 Å². The summed E-state index contributed by atoms with van der Waals surface area (Å²) < 4.78 is 1.11. The number of rotatable bonds is 3. The number of aliphatic hydroxyl groups excluding tert-OH is 1. The van der Waals surface area contributed by atoms with Crippen LogP contribution in [-0.2, 0) is 0 Å². The van der Waals surface area contributed by atoms with Crippen LogP contribution in [-0.4, -0.2) is 49.3 Å². The zero-order valence-corrected chi connectivity index (χ0v) is 12.4. The van der Waals surface area contributed by atoms with Crippen LogP contribution in [0.4, 0.5) is 5.69 Å².